The summed E-state index contributed by atoms with van der Waals surface area (Å²) < 4.78 is 0. The fourth-order valence-electron chi connectivity index (χ4n) is 1.49. The molecule has 2 heterocycles. The first kappa shape index (κ1) is 13.8. The minimum atomic E-state index is -0.460. The molecule has 1 saturated heterocycles. The van der Waals surface area contributed by atoms with Crippen molar-refractivity contribution in [2.75, 3.05) is 13.1 Å². The molecule has 0 amide bonds. The van der Waals surface area contributed by atoms with Crippen LogP contribution in [0, 0.1) is 5.41 Å². The molecule has 1 aromatic heterocycles. The summed E-state index contributed by atoms with van der Waals surface area (Å²) in [6.07, 6.45) is 0. The van der Waals surface area contributed by atoms with Crippen molar-refractivity contribution in [3.8, 4) is 0 Å². The number of rotatable bonds is 3. The highest BCUT2D eigenvalue weighted by Gasteiger charge is 2.35. The number of halogens is 1. The quantitative estimate of drug-likeness (QED) is 0.802. The van der Waals surface area contributed by atoms with Crippen molar-refractivity contribution < 1.29 is 9.63 Å². The zero-order valence-electron chi connectivity index (χ0n) is 10.8. The van der Waals surface area contributed by atoms with Crippen molar-refractivity contribution in [3.05, 3.63) is 16.1 Å². The number of nitrogens with zero attached hydrogens (tertiary/aromatic N) is 2. The number of aromatic nitrogens is 1. The highest BCUT2D eigenvalue weighted by atomic mass is 35.5. The normalized spacial score (nSPS) is 17.6. The highest BCUT2D eigenvalue weighted by molar-refractivity contribution is 7.09. The summed E-state index contributed by atoms with van der Waals surface area (Å²) in [6.45, 7) is 6.98. The molecule has 0 bridgehead atoms. The lowest BCUT2D eigenvalue weighted by atomic mass is 9.97. The third kappa shape index (κ3) is 3.02. The van der Waals surface area contributed by atoms with E-state index in [2.05, 4.69) is 4.98 Å². The maximum absolute atomic E-state index is 11.7. The first-order valence-corrected chi connectivity index (χ1v) is 7.29. The molecule has 1 aromatic rings. The predicted molar refractivity (Wildman–Crippen MR) is 71.5 cm³/mol. The van der Waals surface area contributed by atoms with E-state index in [9.17, 15) is 4.79 Å². The van der Waals surface area contributed by atoms with Crippen molar-refractivity contribution in [2.45, 2.75) is 32.6 Å². The average molecular weight is 289 g/mol. The van der Waals surface area contributed by atoms with Gasteiger partial charge in [-0.3, -0.25) is 0 Å². The van der Waals surface area contributed by atoms with Crippen LogP contribution in [0.2, 0.25) is 0 Å². The fourth-order valence-corrected chi connectivity index (χ4v) is 2.63. The molecule has 1 aliphatic rings. The molecular formula is C12H17ClN2O2S. The van der Waals surface area contributed by atoms with Gasteiger partial charge in [-0.25, -0.2) is 9.78 Å². The minimum Gasteiger partial charge on any atom is -0.367 e. The largest absolute Gasteiger partial charge is 0.367 e. The Morgan fingerprint density at radius 2 is 2.28 bits per heavy atom. The van der Waals surface area contributed by atoms with Crippen molar-refractivity contribution in [2.24, 2.45) is 5.41 Å². The number of hydroxylamine groups is 2. The van der Waals surface area contributed by atoms with Crippen LogP contribution in [0.3, 0.4) is 0 Å². The molecule has 0 saturated carbocycles. The van der Waals surface area contributed by atoms with E-state index in [0.29, 0.717) is 11.8 Å². The maximum atomic E-state index is 11.7. The first-order valence-electron chi connectivity index (χ1n) is 5.87. The molecule has 0 aromatic carbocycles. The topological polar surface area (TPSA) is 42.4 Å². The molecule has 0 N–H and O–H groups in total. The van der Waals surface area contributed by atoms with Gasteiger partial charge in [-0.1, -0.05) is 0 Å². The van der Waals surface area contributed by atoms with Gasteiger partial charge in [-0.2, -0.15) is 0 Å². The van der Waals surface area contributed by atoms with Crippen LogP contribution in [0.1, 0.15) is 37.4 Å². The number of carbonyl (C=O) groups excluding carboxylic acids is 1. The van der Waals surface area contributed by atoms with E-state index in [4.69, 9.17) is 16.4 Å². The predicted octanol–water partition coefficient (Wildman–Crippen LogP) is 2.79. The van der Waals surface area contributed by atoms with Gasteiger partial charge in [0.1, 0.15) is 0 Å². The van der Waals surface area contributed by atoms with Crippen molar-refractivity contribution in [1.82, 2.24) is 10.0 Å². The summed E-state index contributed by atoms with van der Waals surface area (Å²) in [4.78, 5) is 21.4. The third-order valence-electron chi connectivity index (χ3n) is 2.73. The van der Waals surface area contributed by atoms with Gasteiger partial charge in [0.25, 0.3) is 0 Å². The lowest BCUT2D eigenvalue weighted by molar-refractivity contribution is -0.220. The number of thiazole rings is 1. The number of alkyl halides is 1. The van der Waals surface area contributed by atoms with E-state index < -0.39 is 5.41 Å². The van der Waals surface area contributed by atoms with Gasteiger partial charge in [-0.05, 0) is 20.8 Å². The van der Waals surface area contributed by atoms with E-state index in [1.165, 1.54) is 0 Å². The SMILES string of the molecule is CC(C)(C)C(=O)ON1CC(c2nc(CCl)cs2)C1. The third-order valence-corrected chi connectivity index (χ3v) is 4.06. The van der Waals surface area contributed by atoms with Crippen LogP contribution >= 0.6 is 22.9 Å². The zero-order chi connectivity index (χ0) is 13.3. The summed E-state index contributed by atoms with van der Waals surface area (Å²) in [7, 11) is 0. The molecule has 0 unspecified atom stereocenters. The summed E-state index contributed by atoms with van der Waals surface area (Å²) in [5.41, 5.74) is 0.458. The van der Waals surface area contributed by atoms with Gasteiger partial charge in [0, 0.05) is 24.4 Å². The van der Waals surface area contributed by atoms with Gasteiger partial charge >= 0.3 is 5.97 Å². The first-order chi connectivity index (χ1) is 8.40. The van der Waals surface area contributed by atoms with Crippen LogP contribution in [0.25, 0.3) is 0 Å². The monoisotopic (exact) mass is 288 g/mol. The van der Waals surface area contributed by atoms with Crippen LogP contribution in [-0.4, -0.2) is 29.1 Å². The van der Waals surface area contributed by atoms with Crippen molar-refractivity contribution >= 4 is 28.9 Å². The smallest absolute Gasteiger partial charge is 0.330 e. The van der Waals surface area contributed by atoms with Crippen LogP contribution in [-0.2, 0) is 15.5 Å². The molecule has 2 rings (SSSR count). The highest BCUT2D eigenvalue weighted by Crippen LogP contribution is 2.30. The van der Waals surface area contributed by atoms with Gasteiger partial charge in [0.05, 0.1) is 22.0 Å². The van der Waals surface area contributed by atoms with Gasteiger partial charge in [0.2, 0.25) is 0 Å². The van der Waals surface area contributed by atoms with E-state index in [0.717, 1.165) is 23.8 Å². The lowest BCUT2D eigenvalue weighted by Gasteiger charge is -2.37. The Labute approximate surface area is 116 Å². The average Bonchev–Trinajstić information content (AvgIpc) is 2.69. The Morgan fingerprint density at radius 1 is 1.61 bits per heavy atom. The van der Waals surface area contributed by atoms with Crippen molar-refractivity contribution in [1.29, 1.82) is 0 Å². The van der Waals surface area contributed by atoms with Crippen LogP contribution in [0.5, 0.6) is 0 Å². The fraction of sp³-hybridized carbons (Fsp3) is 0.667. The lowest BCUT2D eigenvalue weighted by Crippen LogP contribution is -2.47. The van der Waals surface area contributed by atoms with E-state index >= 15 is 0 Å². The summed E-state index contributed by atoms with van der Waals surface area (Å²) in [5.74, 6) is 0.618. The second-order valence-corrected chi connectivity index (χ2v) is 6.64. The second-order valence-electron chi connectivity index (χ2n) is 5.48. The number of hydrogen-bond acceptors (Lipinski definition) is 5. The minimum absolute atomic E-state index is 0.193. The standard InChI is InChI=1S/C12H17ClN2O2S/c1-12(2,3)11(16)17-15-5-8(6-15)10-14-9(4-13)7-18-10/h7-8H,4-6H2,1-3H3. The zero-order valence-corrected chi connectivity index (χ0v) is 12.3. The molecule has 0 spiro atoms. The van der Waals surface area contributed by atoms with Crippen LogP contribution in [0.15, 0.2) is 5.38 Å². The molecule has 0 aliphatic carbocycles. The molecule has 1 aliphatic heterocycles. The van der Waals surface area contributed by atoms with E-state index in [1.54, 1.807) is 16.4 Å². The molecule has 0 atom stereocenters. The molecule has 6 heteroatoms. The van der Waals surface area contributed by atoms with Crippen LogP contribution < -0.4 is 0 Å². The van der Waals surface area contributed by atoms with Gasteiger partial charge in [0.15, 0.2) is 0 Å². The Kier molecular flexibility index (Phi) is 3.94. The second kappa shape index (κ2) is 5.15. The Bertz CT molecular complexity index is 436. The summed E-state index contributed by atoms with van der Waals surface area (Å²) >= 11 is 7.34. The van der Waals surface area contributed by atoms with E-state index in [-0.39, 0.29) is 5.97 Å². The molecule has 18 heavy (non-hydrogen) atoms. The number of carbonyl (C=O) groups is 1. The number of hydrogen-bond donors (Lipinski definition) is 0. The summed E-state index contributed by atoms with van der Waals surface area (Å²) in [5, 5.41) is 4.75. The molecule has 0 radical (unpaired) electrons. The van der Waals surface area contributed by atoms with E-state index in [1.807, 2.05) is 26.2 Å². The Balaban J connectivity index is 1.82. The molecule has 100 valence electrons. The van der Waals surface area contributed by atoms with Gasteiger partial charge < -0.3 is 4.84 Å². The Hall–Kier alpha value is -0.650. The maximum Gasteiger partial charge on any atom is 0.330 e. The van der Waals surface area contributed by atoms with Crippen molar-refractivity contribution in [3.63, 3.8) is 0 Å². The molecule has 1 fully saturated rings. The Morgan fingerprint density at radius 3 is 2.78 bits per heavy atom. The summed E-state index contributed by atoms with van der Waals surface area (Å²) in [6, 6.07) is 0. The molecule has 4 nitrogen and oxygen atoms in total. The molecular weight excluding hydrogens is 272 g/mol. The van der Waals surface area contributed by atoms with Gasteiger partial charge in [-0.15, -0.1) is 28.0 Å². The van der Waals surface area contributed by atoms with Crippen LogP contribution in [0.4, 0.5) is 0 Å².